The number of unbranched alkanes of at least 4 members (excludes halogenated alkanes) is 1. The molecule has 0 aromatic heterocycles. The second-order valence-electron chi connectivity index (χ2n) is 5.52. The van der Waals surface area contributed by atoms with Crippen molar-refractivity contribution in [3.05, 3.63) is 34.4 Å². The van der Waals surface area contributed by atoms with Gasteiger partial charge in [-0.1, -0.05) is 66.7 Å². The van der Waals surface area contributed by atoms with Gasteiger partial charge in [0.05, 0.1) is 0 Å². The van der Waals surface area contributed by atoms with Crippen LogP contribution in [-0.2, 0) is 0 Å². The van der Waals surface area contributed by atoms with Gasteiger partial charge in [0.15, 0.2) is 0 Å². The van der Waals surface area contributed by atoms with Gasteiger partial charge in [-0.05, 0) is 49.8 Å². The van der Waals surface area contributed by atoms with E-state index in [0.29, 0.717) is 4.83 Å². The molecule has 1 heteroatoms. The van der Waals surface area contributed by atoms with Crippen LogP contribution in [0.4, 0.5) is 0 Å². The van der Waals surface area contributed by atoms with Crippen LogP contribution in [0.1, 0.15) is 66.6 Å². The van der Waals surface area contributed by atoms with E-state index < -0.39 is 0 Å². The topological polar surface area (TPSA) is 0 Å². The van der Waals surface area contributed by atoms with E-state index in [0.717, 1.165) is 5.92 Å². The number of hydrogen-bond acceptors (Lipinski definition) is 0. The highest BCUT2D eigenvalue weighted by atomic mass is 79.9. The molecule has 0 bridgehead atoms. The first kappa shape index (κ1) is 15.8. The summed E-state index contributed by atoms with van der Waals surface area (Å²) in [6.07, 6.45) is 5.21. The molecule has 1 rings (SSSR count). The Bertz CT molecular complexity index is 358. The standard InChI is InChI=1S/C17H27Br/c1-6-8-9-15(7-2)17(18)16-13(4)10-12(3)11-14(16)5/h10-11,15,17H,6-9H2,1-5H3. The molecule has 18 heavy (non-hydrogen) atoms. The fourth-order valence-corrected chi connectivity index (χ4v) is 4.25. The smallest absolute Gasteiger partial charge is 0.0428 e. The summed E-state index contributed by atoms with van der Waals surface area (Å²) in [4.78, 5) is 0.509. The Morgan fingerprint density at radius 2 is 1.61 bits per heavy atom. The fourth-order valence-electron chi connectivity index (χ4n) is 2.89. The number of rotatable bonds is 6. The molecule has 0 amide bonds. The molecule has 0 saturated heterocycles. The van der Waals surface area contributed by atoms with Crippen molar-refractivity contribution in [2.24, 2.45) is 5.92 Å². The van der Waals surface area contributed by atoms with E-state index >= 15 is 0 Å². The molecule has 2 unspecified atom stereocenters. The van der Waals surface area contributed by atoms with Gasteiger partial charge in [0.25, 0.3) is 0 Å². The van der Waals surface area contributed by atoms with Crippen molar-refractivity contribution in [3.63, 3.8) is 0 Å². The van der Waals surface area contributed by atoms with E-state index in [1.165, 1.54) is 47.9 Å². The average molecular weight is 311 g/mol. The first-order valence-corrected chi connectivity index (χ1v) is 8.14. The molecule has 1 aromatic carbocycles. The van der Waals surface area contributed by atoms with Gasteiger partial charge in [-0.3, -0.25) is 0 Å². The van der Waals surface area contributed by atoms with Crippen molar-refractivity contribution in [3.8, 4) is 0 Å². The Balaban J connectivity index is 2.97. The molecule has 0 fully saturated rings. The monoisotopic (exact) mass is 310 g/mol. The zero-order chi connectivity index (χ0) is 13.7. The van der Waals surface area contributed by atoms with Crippen molar-refractivity contribution in [2.75, 3.05) is 0 Å². The lowest BCUT2D eigenvalue weighted by molar-refractivity contribution is 0.444. The van der Waals surface area contributed by atoms with Crippen LogP contribution in [0, 0.1) is 26.7 Å². The molecule has 102 valence electrons. The highest BCUT2D eigenvalue weighted by Crippen LogP contribution is 2.39. The van der Waals surface area contributed by atoms with Crippen LogP contribution < -0.4 is 0 Å². The second kappa shape index (κ2) is 7.33. The van der Waals surface area contributed by atoms with Gasteiger partial charge in [-0.15, -0.1) is 0 Å². The van der Waals surface area contributed by atoms with Crippen molar-refractivity contribution < 1.29 is 0 Å². The Kier molecular flexibility index (Phi) is 6.42. The van der Waals surface area contributed by atoms with Crippen LogP contribution >= 0.6 is 15.9 Å². The van der Waals surface area contributed by atoms with Crippen LogP contribution in [0.25, 0.3) is 0 Å². The molecule has 0 N–H and O–H groups in total. The molecule has 0 aliphatic rings. The van der Waals surface area contributed by atoms with Gasteiger partial charge in [0.2, 0.25) is 0 Å². The van der Waals surface area contributed by atoms with Gasteiger partial charge >= 0.3 is 0 Å². The number of aryl methyl sites for hydroxylation is 3. The summed E-state index contributed by atoms with van der Waals surface area (Å²) < 4.78 is 0. The van der Waals surface area contributed by atoms with E-state index in [2.05, 4.69) is 62.7 Å². The summed E-state index contributed by atoms with van der Waals surface area (Å²) in [6, 6.07) is 4.62. The summed E-state index contributed by atoms with van der Waals surface area (Å²) in [5, 5.41) is 0. The zero-order valence-corrected chi connectivity index (χ0v) is 14.1. The minimum absolute atomic E-state index is 0.509. The SMILES string of the molecule is CCCCC(CC)C(Br)c1c(C)cc(C)cc1C. The average Bonchev–Trinajstić information content (AvgIpc) is 2.28. The molecule has 0 radical (unpaired) electrons. The Morgan fingerprint density at radius 3 is 2.06 bits per heavy atom. The third kappa shape index (κ3) is 3.85. The van der Waals surface area contributed by atoms with Crippen molar-refractivity contribution in [1.82, 2.24) is 0 Å². The lowest BCUT2D eigenvalue weighted by Gasteiger charge is -2.25. The van der Waals surface area contributed by atoms with E-state index in [4.69, 9.17) is 0 Å². The molecule has 0 aliphatic carbocycles. The number of hydrogen-bond donors (Lipinski definition) is 0. The molecule has 0 aliphatic heterocycles. The van der Waals surface area contributed by atoms with E-state index in [9.17, 15) is 0 Å². The molecular formula is C17H27Br. The third-order valence-electron chi connectivity index (χ3n) is 3.88. The van der Waals surface area contributed by atoms with E-state index in [-0.39, 0.29) is 0 Å². The number of alkyl halides is 1. The third-order valence-corrected chi connectivity index (χ3v) is 5.09. The maximum atomic E-state index is 3.97. The maximum Gasteiger partial charge on any atom is 0.0428 e. The largest absolute Gasteiger partial charge is 0.0836 e. The second-order valence-corrected chi connectivity index (χ2v) is 6.51. The molecule has 2 atom stereocenters. The van der Waals surface area contributed by atoms with Crippen LogP contribution in [0.3, 0.4) is 0 Å². The highest BCUT2D eigenvalue weighted by molar-refractivity contribution is 9.09. The van der Waals surface area contributed by atoms with Crippen LogP contribution in [0.2, 0.25) is 0 Å². The predicted octanol–water partition coefficient (Wildman–Crippen LogP) is 6.26. The van der Waals surface area contributed by atoms with Gasteiger partial charge in [-0.25, -0.2) is 0 Å². The van der Waals surface area contributed by atoms with Crippen LogP contribution in [-0.4, -0.2) is 0 Å². The van der Waals surface area contributed by atoms with Gasteiger partial charge < -0.3 is 0 Å². The van der Waals surface area contributed by atoms with Crippen molar-refractivity contribution in [2.45, 2.75) is 65.1 Å². The predicted molar refractivity (Wildman–Crippen MR) is 85.6 cm³/mol. The minimum atomic E-state index is 0.509. The molecule has 1 aromatic rings. The van der Waals surface area contributed by atoms with E-state index in [1.807, 2.05) is 0 Å². The fraction of sp³-hybridized carbons (Fsp3) is 0.647. The summed E-state index contributed by atoms with van der Waals surface area (Å²) in [5.41, 5.74) is 5.76. The minimum Gasteiger partial charge on any atom is -0.0836 e. The van der Waals surface area contributed by atoms with Crippen LogP contribution in [0.5, 0.6) is 0 Å². The van der Waals surface area contributed by atoms with Gasteiger partial charge in [-0.2, -0.15) is 0 Å². The lowest BCUT2D eigenvalue weighted by atomic mass is 9.87. The summed E-state index contributed by atoms with van der Waals surface area (Å²) in [5.74, 6) is 0.755. The quantitative estimate of drug-likeness (QED) is 0.544. The molecule has 0 heterocycles. The number of benzene rings is 1. The molecular weight excluding hydrogens is 284 g/mol. The first-order valence-electron chi connectivity index (χ1n) is 7.23. The normalized spacial score (nSPS) is 14.6. The Morgan fingerprint density at radius 1 is 1.06 bits per heavy atom. The summed E-state index contributed by atoms with van der Waals surface area (Å²) in [7, 11) is 0. The number of halogens is 1. The van der Waals surface area contributed by atoms with E-state index in [1.54, 1.807) is 0 Å². The highest BCUT2D eigenvalue weighted by Gasteiger charge is 2.21. The Hall–Kier alpha value is -0.300. The van der Waals surface area contributed by atoms with Gasteiger partial charge in [0.1, 0.15) is 0 Å². The molecule has 0 nitrogen and oxygen atoms in total. The lowest BCUT2D eigenvalue weighted by Crippen LogP contribution is -2.10. The maximum absolute atomic E-state index is 3.97. The van der Waals surface area contributed by atoms with Crippen molar-refractivity contribution >= 4 is 15.9 Å². The van der Waals surface area contributed by atoms with Gasteiger partial charge in [0, 0.05) is 4.83 Å². The van der Waals surface area contributed by atoms with Crippen molar-refractivity contribution in [1.29, 1.82) is 0 Å². The Labute approximate surface area is 121 Å². The van der Waals surface area contributed by atoms with Crippen LogP contribution in [0.15, 0.2) is 12.1 Å². The first-order chi connectivity index (χ1) is 8.51. The zero-order valence-electron chi connectivity index (χ0n) is 12.5. The summed E-state index contributed by atoms with van der Waals surface area (Å²) in [6.45, 7) is 11.3. The molecule has 0 saturated carbocycles. The summed E-state index contributed by atoms with van der Waals surface area (Å²) >= 11 is 3.97. The molecule has 0 spiro atoms.